The third kappa shape index (κ3) is 6.07. The van der Waals surface area contributed by atoms with Crippen LogP contribution in [0.1, 0.15) is 33.6 Å². The van der Waals surface area contributed by atoms with Gasteiger partial charge in [0.25, 0.3) is 10.0 Å². The summed E-state index contributed by atoms with van der Waals surface area (Å²) in [6.45, 7) is 5.47. The number of sulfonamides is 1. The molecular formula is C22H28FN3O4S2. The van der Waals surface area contributed by atoms with E-state index in [0.717, 1.165) is 23.6 Å². The minimum absolute atomic E-state index is 0.0373. The van der Waals surface area contributed by atoms with E-state index >= 15 is 0 Å². The number of halogens is 1. The van der Waals surface area contributed by atoms with Gasteiger partial charge in [-0.05, 0) is 81.7 Å². The van der Waals surface area contributed by atoms with Crippen LogP contribution in [0.25, 0.3) is 0 Å². The van der Waals surface area contributed by atoms with Gasteiger partial charge in [0, 0.05) is 0 Å². The van der Waals surface area contributed by atoms with E-state index in [1.807, 2.05) is 27.0 Å². The van der Waals surface area contributed by atoms with Crippen molar-refractivity contribution in [3.63, 3.8) is 0 Å². The molecule has 0 fully saturated rings. The zero-order valence-corrected chi connectivity index (χ0v) is 20.1. The minimum Gasteiger partial charge on any atom is -0.460 e. The number of fused-ring (bicyclic) bond motifs is 1. The Morgan fingerprint density at radius 2 is 1.78 bits per heavy atom. The SMILES string of the molecule is CSCCC1(CC(=O)OC(C)(C)C)Nc2ccc(NS(=O)(=O)c3ccc(F)cc3)cc2N1. The maximum atomic E-state index is 13.1. The fourth-order valence-corrected chi connectivity index (χ4v) is 5.00. The molecular weight excluding hydrogens is 453 g/mol. The first-order valence-electron chi connectivity index (χ1n) is 10.1. The Hall–Kier alpha value is -2.46. The van der Waals surface area contributed by atoms with Gasteiger partial charge in [0.15, 0.2) is 0 Å². The van der Waals surface area contributed by atoms with Gasteiger partial charge < -0.3 is 15.4 Å². The predicted octanol–water partition coefficient (Wildman–Crippen LogP) is 4.65. The smallest absolute Gasteiger partial charge is 0.310 e. The summed E-state index contributed by atoms with van der Waals surface area (Å²) in [5, 5.41) is 6.75. The number of hydrogen-bond donors (Lipinski definition) is 3. The molecule has 3 rings (SSSR count). The van der Waals surface area contributed by atoms with Crippen LogP contribution in [-0.2, 0) is 19.6 Å². The van der Waals surface area contributed by atoms with Crippen LogP contribution in [0.4, 0.5) is 21.5 Å². The van der Waals surface area contributed by atoms with Gasteiger partial charge in [-0.25, -0.2) is 12.8 Å². The van der Waals surface area contributed by atoms with E-state index in [1.54, 1.807) is 30.0 Å². The molecule has 1 aliphatic rings. The zero-order valence-electron chi connectivity index (χ0n) is 18.5. The standard InChI is InChI=1S/C22H28FN3O4S2/c1-21(2,3)30-20(27)14-22(11-12-31-4)24-18-10-7-16(13-19(18)25-22)26-32(28,29)17-8-5-15(23)6-9-17/h5-10,13,24-26H,11-12,14H2,1-4H3. The van der Waals surface area contributed by atoms with Crippen molar-refractivity contribution in [3.05, 3.63) is 48.3 Å². The molecule has 1 unspecified atom stereocenters. The molecule has 0 amide bonds. The first-order valence-corrected chi connectivity index (χ1v) is 13.0. The van der Waals surface area contributed by atoms with Crippen molar-refractivity contribution in [2.45, 2.75) is 49.8 Å². The second kappa shape index (κ2) is 9.19. The number of carbonyl (C=O) groups excluding carboxylic acids is 1. The second-order valence-corrected chi connectivity index (χ2v) is 11.3. The third-order valence-electron chi connectivity index (χ3n) is 4.74. The van der Waals surface area contributed by atoms with E-state index in [9.17, 15) is 17.6 Å². The molecule has 32 heavy (non-hydrogen) atoms. The molecule has 174 valence electrons. The van der Waals surface area contributed by atoms with Gasteiger partial charge in [0.2, 0.25) is 0 Å². The lowest BCUT2D eigenvalue weighted by molar-refractivity contribution is -0.155. The molecule has 0 bridgehead atoms. The van der Waals surface area contributed by atoms with Crippen molar-refractivity contribution in [1.82, 2.24) is 0 Å². The molecule has 0 spiro atoms. The van der Waals surface area contributed by atoms with Gasteiger partial charge in [0.1, 0.15) is 17.1 Å². The predicted molar refractivity (Wildman–Crippen MR) is 127 cm³/mol. The largest absolute Gasteiger partial charge is 0.460 e. The summed E-state index contributed by atoms with van der Waals surface area (Å²) in [6, 6.07) is 9.66. The Bertz CT molecular complexity index is 1090. The van der Waals surface area contributed by atoms with Crippen molar-refractivity contribution < 1.29 is 22.3 Å². The quantitative estimate of drug-likeness (QED) is 0.473. The van der Waals surface area contributed by atoms with Gasteiger partial charge in [0.05, 0.1) is 28.4 Å². The van der Waals surface area contributed by atoms with Crippen LogP contribution in [-0.4, -0.2) is 37.7 Å². The number of thioether (sulfide) groups is 1. The highest BCUT2D eigenvalue weighted by atomic mass is 32.2. The van der Waals surface area contributed by atoms with Gasteiger partial charge in [-0.3, -0.25) is 9.52 Å². The number of nitrogens with one attached hydrogen (secondary N) is 3. The monoisotopic (exact) mass is 481 g/mol. The fraction of sp³-hybridized carbons (Fsp3) is 0.409. The summed E-state index contributed by atoms with van der Waals surface area (Å²) in [7, 11) is -3.87. The van der Waals surface area contributed by atoms with E-state index < -0.39 is 27.1 Å². The van der Waals surface area contributed by atoms with Gasteiger partial charge >= 0.3 is 5.97 Å². The number of ether oxygens (including phenoxy) is 1. The number of carbonyl (C=O) groups is 1. The van der Waals surface area contributed by atoms with Crippen molar-refractivity contribution in [1.29, 1.82) is 0 Å². The Labute approximate surface area is 192 Å². The first kappa shape index (κ1) is 24.2. The molecule has 0 radical (unpaired) electrons. The fourth-order valence-electron chi connectivity index (χ4n) is 3.40. The van der Waals surface area contributed by atoms with Crippen molar-refractivity contribution in [2.75, 3.05) is 27.4 Å². The lowest BCUT2D eigenvalue weighted by atomic mass is 10.0. The highest BCUT2D eigenvalue weighted by Crippen LogP contribution is 2.40. The Kier molecular flexibility index (Phi) is 6.94. The van der Waals surface area contributed by atoms with E-state index in [4.69, 9.17) is 4.74 Å². The Morgan fingerprint density at radius 1 is 1.12 bits per heavy atom. The average molecular weight is 482 g/mol. The van der Waals surface area contributed by atoms with Crippen LogP contribution >= 0.6 is 11.8 Å². The van der Waals surface area contributed by atoms with E-state index in [0.29, 0.717) is 17.8 Å². The molecule has 2 aromatic carbocycles. The maximum absolute atomic E-state index is 13.1. The molecule has 0 saturated heterocycles. The summed E-state index contributed by atoms with van der Waals surface area (Å²) in [5.74, 6) is -0.0344. The highest BCUT2D eigenvalue weighted by Gasteiger charge is 2.39. The average Bonchev–Trinajstić information content (AvgIpc) is 3.02. The van der Waals surface area contributed by atoms with Crippen LogP contribution in [0.3, 0.4) is 0 Å². The van der Waals surface area contributed by atoms with Crippen LogP contribution < -0.4 is 15.4 Å². The Balaban J connectivity index is 1.80. The van der Waals surface area contributed by atoms with E-state index in [1.165, 1.54) is 12.1 Å². The van der Waals surface area contributed by atoms with Crippen molar-refractivity contribution in [3.8, 4) is 0 Å². The maximum Gasteiger partial charge on any atom is 0.310 e. The number of benzene rings is 2. The number of rotatable bonds is 8. The summed E-state index contributed by atoms with van der Waals surface area (Å²) in [6.07, 6.45) is 2.75. The van der Waals surface area contributed by atoms with Crippen molar-refractivity contribution in [2.24, 2.45) is 0 Å². The normalized spacial score (nSPS) is 17.8. The van der Waals surface area contributed by atoms with Gasteiger partial charge in [-0.2, -0.15) is 11.8 Å². The van der Waals surface area contributed by atoms with Gasteiger partial charge in [-0.15, -0.1) is 0 Å². The summed E-state index contributed by atoms with van der Waals surface area (Å²) in [4.78, 5) is 12.5. The molecule has 0 aliphatic carbocycles. The molecule has 2 aromatic rings. The molecule has 7 nitrogen and oxygen atoms in total. The summed E-state index contributed by atoms with van der Waals surface area (Å²) < 4.78 is 46.4. The molecule has 1 heterocycles. The molecule has 1 atom stereocenters. The molecule has 0 saturated carbocycles. The molecule has 3 N–H and O–H groups in total. The summed E-state index contributed by atoms with van der Waals surface area (Å²) in [5.41, 5.74) is 0.464. The summed E-state index contributed by atoms with van der Waals surface area (Å²) >= 11 is 1.67. The number of anilines is 3. The number of hydrogen-bond acceptors (Lipinski definition) is 7. The van der Waals surface area contributed by atoms with Crippen molar-refractivity contribution >= 4 is 44.8 Å². The molecule has 0 aromatic heterocycles. The first-order chi connectivity index (χ1) is 14.9. The minimum atomic E-state index is -3.87. The van der Waals surface area contributed by atoms with E-state index in [2.05, 4.69) is 15.4 Å². The molecule has 1 aliphatic heterocycles. The van der Waals surface area contributed by atoms with Crippen LogP contribution in [0.5, 0.6) is 0 Å². The van der Waals surface area contributed by atoms with Gasteiger partial charge in [-0.1, -0.05) is 0 Å². The van der Waals surface area contributed by atoms with Crippen LogP contribution in [0.15, 0.2) is 47.4 Å². The number of esters is 1. The second-order valence-electron chi connectivity index (χ2n) is 8.66. The molecule has 10 heteroatoms. The lowest BCUT2D eigenvalue weighted by Crippen LogP contribution is -2.45. The zero-order chi connectivity index (χ0) is 23.6. The van der Waals surface area contributed by atoms with E-state index in [-0.39, 0.29) is 17.3 Å². The van der Waals surface area contributed by atoms with Crippen LogP contribution in [0.2, 0.25) is 0 Å². The Morgan fingerprint density at radius 3 is 2.41 bits per heavy atom. The third-order valence-corrected chi connectivity index (χ3v) is 6.75. The van der Waals surface area contributed by atoms with Crippen LogP contribution in [0, 0.1) is 5.82 Å². The highest BCUT2D eigenvalue weighted by molar-refractivity contribution is 7.98. The topological polar surface area (TPSA) is 96.5 Å². The lowest BCUT2D eigenvalue weighted by Gasteiger charge is -2.31.